The number of hydrogen-bond acceptors (Lipinski definition) is 4. The van der Waals surface area contributed by atoms with Gasteiger partial charge in [0.15, 0.2) is 0 Å². The number of hydrogen-bond donors (Lipinski definition) is 2. The molecule has 2 N–H and O–H groups in total. The molecule has 0 heterocycles. The van der Waals surface area contributed by atoms with Crippen molar-refractivity contribution >= 4 is 17.6 Å². The van der Waals surface area contributed by atoms with E-state index in [1.807, 2.05) is 6.26 Å². The molecule has 0 aromatic heterocycles. The van der Waals surface area contributed by atoms with Gasteiger partial charge in [-0.2, -0.15) is 0 Å². The number of rotatable bonds is 8. The zero-order chi connectivity index (χ0) is 19.1. The summed E-state index contributed by atoms with van der Waals surface area (Å²) in [6.07, 6.45) is 7.24. The van der Waals surface area contributed by atoms with Gasteiger partial charge in [-0.1, -0.05) is 50.1 Å². The molecule has 1 fully saturated rings. The summed E-state index contributed by atoms with van der Waals surface area (Å²) in [7, 11) is 0. The van der Waals surface area contributed by atoms with Crippen molar-refractivity contribution in [2.75, 3.05) is 24.1 Å². The molecule has 0 spiro atoms. The summed E-state index contributed by atoms with van der Waals surface area (Å²) in [5, 5.41) is 3.65. The summed E-state index contributed by atoms with van der Waals surface area (Å²) in [5.74, 6) is 0.934. The van der Waals surface area contributed by atoms with Gasteiger partial charge in [0.05, 0.1) is 0 Å². The summed E-state index contributed by atoms with van der Waals surface area (Å²) >= 11 is 1.61. The average Bonchev–Trinajstić information content (AvgIpc) is 2.67. The molecule has 2 aromatic rings. The van der Waals surface area contributed by atoms with Gasteiger partial charge in [-0.3, -0.25) is 0 Å². The molecule has 146 valence electrons. The van der Waals surface area contributed by atoms with Gasteiger partial charge in [0.1, 0.15) is 12.4 Å². The fourth-order valence-corrected chi connectivity index (χ4v) is 4.02. The molecule has 1 aliphatic carbocycles. The van der Waals surface area contributed by atoms with Gasteiger partial charge in [-0.05, 0) is 66.5 Å². The molecular weight excluding hydrogens is 352 g/mol. The van der Waals surface area contributed by atoms with E-state index in [9.17, 15) is 0 Å². The summed E-state index contributed by atoms with van der Waals surface area (Å²) < 4.78 is 9.19. The standard InChI is InChI=1S/C23H32N2OS/c1-23(2)13-11-20(12-14-23)24-15-16-26-22-9-7-18(8-10-22)19-5-4-6-21(17-19)25-27-3/h4-10,17,20,24-25H,11-16H2,1-3H3. The molecule has 27 heavy (non-hydrogen) atoms. The molecule has 0 radical (unpaired) electrons. The van der Waals surface area contributed by atoms with E-state index in [0.717, 1.165) is 18.0 Å². The second-order valence-corrected chi connectivity index (χ2v) is 8.76. The molecule has 0 bridgehead atoms. The molecule has 0 saturated heterocycles. The van der Waals surface area contributed by atoms with E-state index in [-0.39, 0.29) is 0 Å². The van der Waals surface area contributed by atoms with Crippen LogP contribution in [0.5, 0.6) is 5.75 Å². The fraction of sp³-hybridized carbons (Fsp3) is 0.478. The van der Waals surface area contributed by atoms with Crippen molar-refractivity contribution in [1.82, 2.24) is 5.32 Å². The monoisotopic (exact) mass is 384 g/mol. The molecule has 3 nitrogen and oxygen atoms in total. The minimum absolute atomic E-state index is 0.529. The SMILES string of the molecule is CSNc1cccc(-c2ccc(OCCNC3CCC(C)(C)CC3)cc2)c1. The third kappa shape index (κ3) is 6.18. The maximum Gasteiger partial charge on any atom is 0.119 e. The van der Waals surface area contributed by atoms with Gasteiger partial charge in [-0.25, -0.2) is 0 Å². The Kier molecular flexibility index (Phi) is 7.08. The van der Waals surface area contributed by atoms with Crippen LogP contribution in [-0.4, -0.2) is 25.4 Å². The average molecular weight is 385 g/mol. The van der Waals surface area contributed by atoms with Crippen molar-refractivity contribution in [3.8, 4) is 16.9 Å². The van der Waals surface area contributed by atoms with E-state index < -0.39 is 0 Å². The van der Waals surface area contributed by atoms with E-state index >= 15 is 0 Å². The molecule has 0 aliphatic heterocycles. The molecule has 0 amide bonds. The van der Waals surface area contributed by atoms with Gasteiger partial charge in [-0.15, -0.1) is 0 Å². The maximum atomic E-state index is 5.91. The van der Waals surface area contributed by atoms with Crippen LogP contribution in [0.15, 0.2) is 48.5 Å². The molecular formula is C23H32N2OS. The minimum atomic E-state index is 0.529. The van der Waals surface area contributed by atoms with Crippen molar-refractivity contribution in [2.24, 2.45) is 5.41 Å². The molecule has 0 atom stereocenters. The van der Waals surface area contributed by atoms with Crippen molar-refractivity contribution < 1.29 is 4.74 Å². The Hall–Kier alpha value is -1.65. The zero-order valence-corrected chi connectivity index (χ0v) is 17.6. The van der Waals surface area contributed by atoms with Gasteiger partial charge < -0.3 is 14.8 Å². The Balaban J connectivity index is 1.44. The number of ether oxygens (including phenoxy) is 1. The Bertz CT molecular complexity index is 705. The van der Waals surface area contributed by atoms with Crippen LogP contribution in [0.3, 0.4) is 0 Å². The van der Waals surface area contributed by atoms with Crippen LogP contribution >= 0.6 is 11.9 Å². The lowest BCUT2D eigenvalue weighted by molar-refractivity contribution is 0.200. The first-order valence-electron chi connectivity index (χ1n) is 9.91. The summed E-state index contributed by atoms with van der Waals surface area (Å²) in [5.41, 5.74) is 4.07. The van der Waals surface area contributed by atoms with E-state index in [2.05, 4.69) is 72.4 Å². The van der Waals surface area contributed by atoms with Crippen molar-refractivity contribution in [3.05, 3.63) is 48.5 Å². The van der Waals surface area contributed by atoms with Crippen LogP contribution in [0.4, 0.5) is 5.69 Å². The molecule has 0 unspecified atom stereocenters. The first-order valence-corrected chi connectivity index (χ1v) is 11.1. The topological polar surface area (TPSA) is 33.3 Å². The Labute approximate surface area is 168 Å². The summed E-state index contributed by atoms with van der Waals surface area (Å²) in [4.78, 5) is 0. The van der Waals surface area contributed by atoms with Gasteiger partial charge in [0.25, 0.3) is 0 Å². The van der Waals surface area contributed by atoms with E-state index in [0.29, 0.717) is 18.1 Å². The molecule has 4 heteroatoms. The predicted octanol–water partition coefficient (Wildman–Crippen LogP) is 5.98. The van der Waals surface area contributed by atoms with Crippen LogP contribution < -0.4 is 14.8 Å². The lowest BCUT2D eigenvalue weighted by Gasteiger charge is -2.34. The molecule has 1 saturated carbocycles. The van der Waals surface area contributed by atoms with Crippen LogP contribution in [-0.2, 0) is 0 Å². The molecule has 2 aromatic carbocycles. The smallest absolute Gasteiger partial charge is 0.119 e. The zero-order valence-electron chi connectivity index (χ0n) is 16.8. The Morgan fingerprint density at radius 3 is 2.48 bits per heavy atom. The van der Waals surface area contributed by atoms with E-state index in [1.165, 1.54) is 36.8 Å². The highest BCUT2D eigenvalue weighted by atomic mass is 32.2. The second-order valence-electron chi connectivity index (χ2n) is 8.15. The van der Waals surface area contributed by atoms with Crippen molar-refractivity contribution in [1.29, 1.82) is 0 Å². The molecule has 3 rings (SSSR count). The largest absolute Gasteiger partial charge is 0.492 e. The predicted molar refractivity (Wildman–Crippen MR) is 119 cm³/mol. The lowest BCUT2D eigenvalue weighted by atomic mass is 9.75. The normalized spacial score (nSPS) is 16.9. The highest BCUT2D eigenvalue weighted by molar-refractivity contribution is 7.99. The number of nitrogens with one attached hydrogen (secondary N) is 2. The van der Waals surface area contributed by atoms with Crippen LogP contribution in [0.25, 0.3) is 11.1 Å². The van der Waals surface area contributed by atoms with Gasteiger partial charge in [0, 0.05) is 24.5 Å². The summed E-state index contributed by atoms with van der Waals surface area (Å²) in [6.45, 7) is 6.39. The third-order valence-electron chi connectivity index (χ3n) is 5.41. The van der Waals surface area contributed by atoms with Crippen molar-refractivity contribution in [3.63, 3.8) is 0 Å². The maximum absolute atomic E-state index is 5.91. The fourth-order valence-electron chi connectivity index (χ4n) is 3.66. The quantitative estimate of drug-likeness (QED) is 0.433. The molecule has 1 aliphatic rings. The second kappa shape index (κ2) is 9.52. The lowest BCUT2D eigenvalue weighted by Crippen LogP contribution is -2.37. The van der Waals surface area contributed by atoms with Crippen LogP contribution in [0.1, 0.15) is 39.5 Å². The van der Waals surface area contributed by atoms with Crippen molar-refractivity contribution in [2.45, 2.75) is 45.6 Å². The minimum Gasteiger partial charge on any atom is -0.492 e. The van der Waals surface area contributed by atoms with E-state index in [4.69, 9.17) is 4.74 Å². The number of anilines is 1. The highest BCUT2D eigenvalue weighted by Gasteiger charge is 2.26. The number of benzene rings is 2. The Morgan fingerprint density at radius 1 is 1.04 bits per heavy atom. The van der Waals surface area contributed by atoms with Gasteiger partial charge >= 0.3 is 0 Å². The first kappa shape index (κ1) is 20.1. The first-order chi connectivity index (χ1) is 13.1. The Morgan fingerprint density at radius 2 is 1.78 bits per heavy atom. The van der Waals surface area contributed by atoms with E-state index in [1.54, 1.807) is 11.9 Å². The van der Waals surface area contributed by atoms with Crippen LogP contribution in [0.2, 0.25) is 0 Å². The van der Waals surface area contributed by atoms with Crippen LogP contribution in [0, 0.1) is 5.41 Å². The highest BCUT2D eigenvalue weighted by Crippen LogP contribution is 2.34. The third-order valence-corrected chi connectivity index (χ3v) is 5.85. The van der Waals surface area contributed by atoms with Gasteiger partial charge in [0.2, 0.25) is 0 Å². The summed E-state index contributed by atoms with van der Waals surface area (Å²) in [6, 6.07) is 17.5.